The lowest BCUT2D eigenvalue weighted by Crippen LogP contribution is -1.93. The van der Waals surface area contributed by atoms with Crippen LogP contribution < -0.4 is 9.47 Å². The number of fused-ring (bicyclic) bond motifs is 2. The summed E-state index contributed by atoms with van der Waals surface area (Å²) in [4.78, 5) is 4.38. The largest absolute Gasteiger partial charge is 0.454 e. The Kier molecular flexibility index (Phi) is 2.82. The van der Waals surface area contributed by atoms with Crippen LogP contribution in [0, 0.1) is 0 Å². The first-order chi connectivity index (χ1) is 10.3. The normalized spacial score (nSPS) is 13.4. The Bertz CT molecular complexity index is 821. The number of nitrogens with zero attached hydrogens (tertiary/aromatic N) is 1. The van der Waals surface area contributed by atoms with Gasteiger partial charge in [-0.1, -0.05) is 23.7 Å². The number of aromatic nitrogens is 1. The van der Waals surface area contributed by atoms with Crippen molar-refractivity contribution in [3.8, 4) is 11.5 Å². The van der Waals surface area contributed by atoms with Crippen LogP contribution in [-0.4, -0.2) is 11.8 Å². The fourth-order valence-electron chi connectivity index (χ4n) is 2.21. The summed E-state index contributed by atoms with van der Waals surface area (Å²) < 4.78 is 16.2. The number of benzene rings is 2. The molecule has 2 heterocycles. The Morgan fingerprint density at radius 2 is 2.00 bits per heavy atom. The van der Waals surface area contributed by atoms with Crippen molar-refractivity contribution in [2.75, 3.05) is 6.79 Å². The lowest BCUT2D eigenvalue weighted by atomic mass is 10.2. The molecule has 2 aromatic carbocycles. The fraction of sp³-hybridized carbons (Fsp3) is 0.0625. The topological polar surface area (TPSA) is 44.5 Å². The second-order valence-corrected chi connectivity index (χ2v) is 5.00. The van der Waals surface area contributed by atoms with E-state index in [-0.39, 0.29) is 6.79 Å². The summed E-state index contributed by atoms with van der Waals surface area (Å²) in [5.74, 6) is 1.79. The number of ether oxygens (including phenoxy) is 2. The van der Waals surface area contributed by atoms with Gasteiger partial charge in [-0.05, 0) is 35.9 Å². The molecule has 0 fully saturated rings. The monoisotopic (exact) mass is 299 g/mol. The van der Waals surface area contributed by atoms with Gasteiger partial charge in [-0.2, -0.15) is 0 Å². The fourth-order valence-corrected chi connectivity index (χ4v) is 2.49. The molecule has 0 radical (unpaired) electrons. The van der Waals surface area contributed by atoms with E-state index in [1.165, 1.54) is 0 Å². The van der Waals surface area contributed by atoms with E-state index in [2.05, 4.69) is 4.98 Å². The van der Waals surface area contributed by atoms with Crippen molar-refractivity contribution in [3.05, 3.63) is 52.9 Å². The van der Waals surface area contributed by atoms with Crippen LogP contribution in [0.25, 0.3) is 23.3 Å². The van der Waals surface area contributed by atoms with Crippen molar-refractivity contribution >= 4 is 34.9 Å². The Balaban J connectivity index is 1.67. The molecule has 0 atom stereocenters. The zero-order chi connectivity index (χ0) is 14.2. The second-order valence-electron chi connectivity index (χ2n) is 4.59. The van der Waals surface area contributed by atoms with E-state index in [0.29, 0.717) is 22.4 Å². The molecule has 0 N–H and O–H groups in total. The van der Waals surface area contributed by atoms with E-state index < -0.39 is 0 Å². The van der Waals surface area contributed by atoms with Crippen LogP contribution >= 0.6 is 11.6 Å². The van der Waals surface area contributed by atoms with Crippen LogP contribution in [0.5, 0.6) is 11.5 Å². The molecule has 0 bridgehead atoms. The molecule has 1 aromatic heterocycles. The van der Waals surface area contributed by atoms with Crippen molar-refractivity contribution < 1.29 is 13.9 Å². The van der Waals surface area contributed by atoms with Crippen molar-refractivity contribution in [1.82, 2.24) is 4.98 Å². The maximum atomic E-state index is 6.14. The van der Waals surface area contributed by atoms with E-state index in [1.807, 2.05) is 42.5 Å². The summed E-state index contributed by atoms with van der Waals surface area (Å²) in [5, 5.41) is 0.530. The number of hydrogen-bond donors (Lipinski definition) is 0. The predicted octanol–water partition coefficient (Wildman–Crippen LogP) is 4.38. The minimum atomic E-state index is 0.202. The lowest BCUT2D eigenvalue weighted by molar-refractivity contribution is 0.174. The maximum Gasteiger partial charge on any atom is 0.231 e. The summed E-state index contributed by atoms with van der Waals surface area (Å²) in [6.07, 6.45) is 3.67. The molecule has 21 heavy (non-hydrogen) atoms. The first-order valence-corrected chi connectivity index (χ1v) is 6.80. The molecule has 4 nitrogen and oxygen atoms in total. The van der Waals surface area contributed by atoms with Gasteiger partial charge in [0.15, 0.2) is 17.1 Å². The molecule has 1 aliphatic rings. The molecule has 0 saturated carbocycles. The van der Waals surface area contributed by atoms with Gasteiger partial charge in [-0.25, -0.2) is 4.98 Å². The predicted molar refractivity (Wildman–Crippen MR) is 80.5 cm³/mol. The van der Waals surface area contributed by atoms with Gasteiger partial charge in [0.25, 0.3) is 0 Å². The molecular formula is C16H10ClNO3. The van der Waals surface area contributed by atoms with E-state index in [9.17, 15) is 0 Å². The van der Waals surface area contributed by atoms with E-state index in [4.69, 9.17) is 25.5 Å². The zero-order valence-corrected chi connectivity index (χ0v) is 11.6. The smallest absolute Gasteiger partial charge is 0.231 e. The Hall–Kier alpha value is -2.46. The number of hydrogen-bond acceptors (Lipinski definition) is 4. The average Bonchev–Trinajstić information content (AvgIpc) is 3.11. The number of para-hydroxylation sites is 2. The Morgan fingerprint density at radius 1 is 1.10 bits per heavy atom. The Labute approximate surface area is 125 Å². The quantitative estimate of drug-likeness (QED) is 0.704. The van der Waals surface area contributed by atoms with Gasteiger partial charge in [0, 0.05) is 6.08 Å². The highest BCUT2D eigenvalue weighted by molar-refractivity contribution is 6.32. The lowest BCUT2D eigenvalue weighted by Gasteiger charge is -2.00. The van der Waals surface area contributed by atoms with Crippen LogP contribution in [-0.2, 0) is 0 Å². The number of halogens is 1. The third-order valence-corrected chi connectivity index (χ3v) is 3.46. The summed E-state index contributed by atoms with van der Waals surface area (Å²) in [6, 6.07) is 11.3. The second kappa shape index (κ2) is 4.82. The molecule has 5 heteroatoms. The molecule has 3 aromatic rings. The minimum absolute atomic E-state index is 0.202. The van der Waals surface area contributed by atoms with Crippen LogP contribution in [0.15, 0.2) is 40.8 Å². The first-order valence-electron chi connectivity index (χ1n) is 6.42. The van der Waals surface area contributed by atoms with Gasteiger partial charge < -0.3 is 13.9 Å². The third kappa shape index (κ3) is 2.23. The summed E-state index contributed by atoms with van der Waals surface area (Å²) in [5.41, 5.74) is 2.49. The van der Waals surface area contributed by atoms with Gasteiger partial charge in [-0.15, -0.1) is 0 Å². The Morgan fingerprint density at radius 3 is 2.90 bits per heavy atom. The van der Waals surface area contributed by atoms with Gasteiger partial charge >= 0.3 is 0 Å². The van der Waals surface area contributed by atoms with Crippen molar-refractivity contribution in [3.63, 3.8) is 0 Å². The summed E-state index contributed by atoms with van der Waals surface area (Å²) >= 11 is 6.14. The number of oxazole rings is 1. The van der Waals surface area contributed by atoms with E-state index in [0.717, 1.165) is 16.7 Å². The molecule has 4 rings (SSSR count). The standard InChI is InChI=1S/C16H10ClNO3/c17-11-7-10(8-14-16(11)20-9-19-14)5-6-15-18-12-3-1-2-4-13(12)21-15/h1-8H,9H2/b6-5+. The van der Waals surface area contributed by atoms with Crippen LogP contribution in [0.2, 0.25) is 5.02 Å². The highest BCUT2D eigenvalue weighted by atomic mass is 35.5. The summed E-state index contributed by atoms with van der Waals surface area (Å²) in [7, 11) is 0. The molecule has 1 aliphatic heterocycles. The van der Waals surface area contributed by atoms with Crippen molar-refractivity contribution in [1.29, 1.82) is 0 Å². The third-order valence-electron chi connectivity index (χ3n) is 3.18. The van der Waals surface area contributed by atoms with Gasteiger partial charge in [-0.3, -0.25) is 0 Å². The highest BCUT2D eigenvalue weighted by Crippen LogP contribution is 2.40. The van der Waals surface area contributed by atoms with Gasteiger partial charge in [0.2, 0.25) is 12.7 Å². The van der Waals surface area contributed by atoms with Crippen LogP contribution in [0.4, 0.5) is 0 Å². The van der Waals surface area contributed by atoms with E-state index >= 15 is 0 Å². The first kappa shape index (κ1) is 12.3. The zero-order valence-electron chi connectivity index (χ0n) is 10.9. The number of rotatable bonds is 2. The summed E-state index contributed by atoms with van der Waals surface area (Å²) in [6.45, 7) is 0.202. The van der Waals surface area contributed by atoms with Gasteiger partial charge in [0.1, 0.15) is 5.52 Å². The molecule has 0 spiro atoms. The maximum absolute atomic E-state index is 6.14. The van der Waals surface area contributed by atoms with E-state index in [1.54, 1.807) is 6.08 Å². The van der Waals surface area contributed by atoms with Gasteiger partial charge in [0.05, 0.1) is 5.02 Å². The SMILES string of the molecule is Clc1cc(/C=C/c2nc3ccccc3o2)cc2c1OCO2. The van der Waals surface area contributed by atoms with Crippen LogP contribution in [0.3, 0.4) is 0 Å². The highest BCUT2D eigenvalue weighted by Gasteiger charge is 2.17. The van der Waals surface area contributed by atoms with Crippen molar-refractivity contribution in [2.24, 2.45) is 0 Å². The average molecular weight is 300 g/mol. The molecule has 0 unspecified atom stereocenters. The molecular weight excluding hydrogens is 290 g/mol. The van der Waals surface area contributed by atoms with Crippen molar-refractivity contribution in [2.45, 2.75) is 0 Å². The molecule has 0 amide bonds. The molecule has 0 saturated heterocycles. The minimum Gasteiger partial charge on any atom is -0.454 e. The molecule has 0 aliphatic carbocycles. The van der Waals surface area contributed by atoms with Crippen LogP contribution in [0.1, 0.15) is 11.5 Å². The molecule has 104 valence electrons.